The van der Waals surface area contributed by atoms with E-state index in [4.69, 9.17) is 4.74 Å². The van der Waals surface area contributed by atoms with Crippen molar-refractivity contribution in [3.63, 3.8) is 0 Å². The van der Waals surface area contributed by atoms with Crippen molar-refractivity contribution in [2.45, 2.75) is 39.3 Å². The number of benzene rings is 2. The standard InChI is InChI=1S/C25H28F3N3O2/c1-17(2)33-16-19-13-18(24(32)23-22(19)7-4-8-29-23)15-30-9-11-31(12-10-30)21-6-3-5-20(14-21)25(26,27)28/h3-8,13-14,17,32H,9-12,15-16H2,1-2H3. The molecular weight excluding hydrogens is 431 g/mol. The highest BCUT2D eigenvalue weighted by Gasteiger charge is 2.31. The van der Waals surface area contributed by atoms with E-state index in [1.54, 1.807) is 12.3 Å². The summed E-state index contributed by atoms with van der Waals surface area (Å²) in [6.45, 7) is 7.48. The fourth-order valence-electron chi connectivity index (χ4n) is 4.14. The van der Waals surface area contributed by atoms with Crippen molar-refractivity contribution in [1.29, 1.82) is 0 Å². The third-order valence-corrected chi connectivity index (χ3v) is 5.91. The zero-order valence-corrected chi connectivity index (χ0v) is 18.8. The highest BCUT2D eigenvalue weighted by atomic mass is 19.4. The lowest BCUT2D eigenvalue weighted by Gasteiger charge is -2.36. The van der Waals surface area contributed by atoms with E-state index in [0.717, 1.165) is 22.6 Å². The van der Waals surface area contributed by atoms with Crippen LogP contribution in [0.2, 0.25) is 0 Å². The summed E-state index contributed by atoms with van der Waals surface area (Å²) in [5, 5.41) is 11.7. The van der Waals surface area contributed by atoms with Crippen molar-refractivity contribution >= 4 is 16.6 Å². The Morgan fingerprint density at radius 3 is 2.48 bits per heavy atom. The molecule has 1 fully saturated rings. The summed E-state index contributed by atoms with van der Waals surface area (Å²) >= 11 is 0. The first kappa shape index (κ1) is 23.3. The predicted molar refractivity (Wildman–Crippen MR) is 122 cm³/mol. The number of piperazine rings is 1. The second kappa shape index (κ2) is 9.57. The van der Waals surface area contributed by atoms with Crippen LogP contribution in [0, 0.1) is 0 Å². The number of anilines is 1. The summed E-state index contributed by atoms with van der Waals surface area (Å²) in [4.78, 5) is 8.54. The molecule has 3 aromatic rings. The largest absolute Gasteiger partial charge is 0.505 e. The zero-order chi connectivity index (χ0) is 23.6. The van der Waals surface area contributed by atoms with Gasteiger partial charge in [-0.15, -0.1) is 0 Å². The number of nitrogens with zero attached hydrogens (tertiary/aromatic N) is 3. The topological polar surface area (TPSA) is 48.8 Å². The van der Waals surface area contributed by atoms with Crippen LogP contribution >= 0.6 is 0 Å². The van der Waals surface area contributed by atoms with Gasteiger partial charge in [0.2, 0.25) is 0 Å². The van der Waals surface area contributed by atoms with E-state index in [-0.39, 0.29) is 11.9 Å². The molecule has 1 aromatic heterocycles. The van der Waals surface area contributed by atoms with Crippen molar-refractivity contribution in [1.82, 2.24) is 9.88 Å². The van der Waals surface area contributed by atoms with Crippen molar-refractivity contribution in [2.24, 2.45) is 0 Å². The van der Waals surface area contributed by atoms with Gasteiger partial charge in [0, 0.05) is 55.6 Å². The zero-order valence-electron chi connectivity index (χ0n) is 18.8. The normalized spacial score (nSPS) is 15.5. The van der Waals surface area contributed by atoms with E-state index in [1.165, 1.54) is 12.1 Å². The van der Waals surface area contributed by atoms with Gasteiger partial charge in [-0.25, -0.2) is 0 Å². The summed E-state index contributed by atoms with van der Waals surface area (Å²) in [6, 6.07) is 11.2. The smallest absolute Gasteiger partial charge is 0.416 e. The van der Waals surface area contributed by atoms with Crippen LogP contribution in [0.4, 0.5) is 18.9 Å². The predicted octanol–water partition coefficient (Wildman–Crippen LogP) is 5.21. The van der Waals surface area contributed by atoms with Gasteiger partial charge in [-0.2, -0.15) is 13.2 Å². The lowest BCUT2D eigenvalue weighted by atomic mass is 10.0. The van der Waals surface area contributed by atoms with Gasteiger partial charge in [-0.1, -0.05) is 12.1 Å². The summed E-state index contributed by atoms with van der Waals surface area (Å²) in [5.74, 6) is 0.166. The molecule has 1 saturated heterocycles. The SMILES string of the molecule is CC(C)OCc1cc(CN2CCN(c3cccc(C(F)(F)F)c3)CC2)c(O)c2ncccc12. The van der Waals surface area contributed by atoms with Gasteiger partial charge >= 0.3 is 6.18 Å². The molecule has 0 bridgehead atoms. The monoisotopic (exact) mass is 459 g/mol. The second-order valence-electron chi connectivity index (χ2n) is 8.61. The van der Waals surface area contributed by atoms with Crippen molar-refractivity contribution in [2.75, 3.05) is 31.1 Å². The first-order valence-electron chi connectivity index (χ1n) is 11.1. The molecule has 8 heteroatoms. The number of phenols is 1. The number of pyridine rings is 1. The number of hydrogen-bond donors (Lipinski definition) is 1. The Kier molecular flexibility index (Phi) is 6.76. The van der Waals surface area contributed by atoms with Crippen molar-refractivity contribution in [3.05, 3.63) is 65.4 Å². The Morgan fingerprint density at radius 2 is 1.79 bits per heavy atom. The van der Waals surface area contributed by atoms with Crippen LogP contribution in [-0.2, 0) is 24.1 Å². The van der Waals surface area contributed by atoms with Crippen LogP contribution in [-0.4, -0.2) is 47.3 Å². The van der Waals surface area contributed by atoms with Crippen LogP contribution in [0.5, 0.6) is 5.75 Å². The van der Waals surface area contributed by atoms with Gasteiger partial charge in [-0.3, -0.25) is 9.88 Å². The molecule has 4 rings (SSSR count). The number of phenolic OH excluding ortho intramolecular Hbond substituents is 1. The van der Waals surface area contributed by atoms with Crippen molar-refractivity contribution < 1.29 is 23.0 Å². The van der Waals surface area contributed by atoms with Crippen LogP contribution < -0.4 is 4.90 Å². The van der Waals surface area contributed by atoms with E-state index in [1.807, 2.05) is 36.9 Å². The number of hydrogen-bond acceptors (Lipinski definition) is 5. The van der Waals surface area contributed by atoms with Gasteiger partial charge < -0.3 is 14.7 Å². The van der Waals surface area contributed by atoms with Crippen molar-refractivity contribution in [3.8, 4) is 5.75 Å². The van der Waals surface area contributed by atoms with E-state index >= 15 is 0 Å². The maximum Gasteiger partial charge on any atom is 0.416 e. The minimum absolute atomic E-state index is 0.0814. The van der Waals surface area contributed by atoms with Gasteiger partial charge in [0.1, 0.15) is 11.3 Å². The maximum atomic E-state index is 13.1. The summed E-state index contributed by atoms with van der Waals surface area (Å²) in [7, 11) is 0. The molecule has 2 aromatic carbocycles. The van der Waals surface area contributed by atoms with E-state index in [0.29, 0.717) is 50.5 Å². The molecule has 1 N–H and O–H groups in total. The number of halogens is 3. The molecule has 0 amide bonds. The Labute approximate surface area is 191 Å². The Bertz CT molecular complexity index is 1110. The number of aromatic nitrogens is 1. The van der Waals surface area contributed by atoms with Crippen LogP contribution in [0.3, 0.4) is 0 Å². The van der Waals surface area contributed by atoms with Crippen LogP contribution in [0.1, 0.15) is 30.5 Å². The summed E-state index contributed by atoms with van der Waals surface area (Å²) in [5.41, 5.74) is 2.25. The average molecular weight is 460 g/mol. The molecule has 0 radical (unpaired) electrons. The number of fused-ring (bicyclic) bond motifs is 1. The Morgan fingerprint density at radius 1 is 1.03 bits per heavy atom. The molecule has 33 heavy (non-hydrogen) atoms. The quantitative estimate of drug-likeness (QED) is 0.549. The minimum atomic E-state index is -4.35. The van der Waals surface area contributed by atoms with E-state index in [2.05, 4.69) is 9.88 Å². The second-order valence-corrected chi connectivity index (χ2v) is 8.61. The molecule has 0 atom stereocenters. The number of aromatic hydroxyl groups is 1. The highest BCUT2D eigenvalue weighted by Crippen LogP contribution is 2.33. The molecule has 176 valence electrons. The lowest BCUT2D eigenvalue weighted by molar-refractivity contribution is -0.137. The van der Waals surface area contributed by atoms with E-state index in [9.17, 15) is 18.3 Å². The molecule has 1 aliphatic rings. The molecule has 2 heterocycles. The first-order valence-corrected chi connectivity index (χ1v) is 11.1. The van der Waals surface area contributed by atoms with E-state index < -0.39 is 11.7 Å². The lowest BCUT2D eigenvalue weighted by Crippen LogP contribution is -2.46. The molecule has 5 nitrogen and oxygen atoms in total. The van der Waals surface area contributed by atoms with Crippen LogP contribution in [0.15, 0.2) is 48.7 Å². The molecule has 0 saturated carbocycles. The van der Waals surface area contributed by atoms with Gasteiger partial charge in [0.25, 0.3) is 0 Å². The molecule has 0 unspecified atom stereocenters. The average Bonchev–Trinajstić information content (AvgIpc) is 2.80. The molecule has 0 aliphatic carbocycles. The van der Waals surface area contributed by atoms with Gasteiger partial charge in [0.15, 0.2) is 0 Å². The van der Waals surface area contributed by atoms with Gasteiger partial charge in [-0.05, 0) is 49.7 Å². The fourth-order valence-corrected chi connectivity index (χ4v) is 4.14. The Balaban J connectivity index is 1.48. The third kappa shape index (κ3) is 5.39. The fraction of sp³-hybridized carbons (Fsp3) is 0.400. The number of alkyl halides is 3. The third-order valence-electron chi connectivity index (χ3n) is 5.91. The van der Waals surface area contributed by atoms with Crippen LogP contribution in [0.25, 0.3) is 10.9 Å². The highest BCUT2D eigenvalue weighted by molar-refractivity contribution is 5.88. The number of ether oxygens (including phenoxy) is 1. The van der Waals surface area contributed by atoms with Gasteiger partial charge in [0.05, 0.1) is 18.3 Å². The maximum absolute atomic E-state index is 13.1. The summed E-state index contributed by atoms with van der Waals surface area (Å²) in [6.07, 6.45) is -2.61. The number of rotatable bonds is 6. The molecule has 1 aliphatic heterocycles. The minimum Gasteiger partial charge on any atom is -0.505 e. The summed E-state index contributed by atoms with van der Waals surface area (Å²) < 4.78 is 45.0. The molecular formula is C25H28F3N3O2. The first-order chi connectivity index (χ1) is 15.7. The Hall–Kier alpha value is -2.84. The molecule has 0 spiro atoms.